The van der Waals surface area contributed by atoms with E-state index in [9.17, 15) is 23.3 Å². The van der Waals surface area contributed by atoms with Gasteiger partial charge in [-0.05, 0) is 37.3 Å². The zero-order valence-electron chi connectivity index (χ0n) is 16.6. The van der Waals surface area contributed by atoms with Gasteiger partial charge in [0.2, 0.25) is 15.9 Å². The standard InChI is InChI=1S/C18H28N4O5S/c1-4-9-19-18(23)13-20(3)16-8-7-15(11-17(16)22(24)25)28(26,27)21-10-5-6-14(2)12-21/h7-8,11,14H,4-6,9-10,12-13H2,1-3H3,(H,19,23). The van der Waals surface area contributed by atoms with Gasteiger partial charge in [-0.15, -0.1) is 0 Å². The first-order valence-corrected chi connectivity index (χ1v) is 10.9. The van der Waals surface area contributed by atoms with Crippen LogP contribution in [0.5, 0.6) is 0 Å². The van der Waals surface area contributed by atoms with Gasteiger partial charge in [0.05, 0.1) is 16.4 Å². The fourth-order valence-electron chi connectivity index (χ4n) is 3.27. The van der Waals surface area contributed by atoms with Crippen LogP contribution in [0.1, 0.15) is 33.1 Å². The van der Waals surface area contributed by atoms with Gasteiger partial charge in [0.25, 0.3) is 5.69 Å². The van der Waals surface area contributed by atoms with E-state index in [1.807, 2.05) is 13.8 Å². The number of benzene rings is 1. The van der Waals surface area contributed by atoms with Crippen molar-refractivity contribution in [3.63, 3.8) is 0 Å². The summed E-state index contributed by atoms with van der Waals surface area (Å²) in [7, 11) is -2.23. The number of nitrogens with zero attached hydrogens (tertiary/aromatic N) is 3. The van der Waals surface area contributed by atoms with E-state index in [2.05, 4.69) is 5.32 Å². The summed E-state index contributed by atoms with van der Waals surface area (Å²) < 4.78 is 27.2. The average Bonchev–Trinajstić information content (AvgIpc) is 2.65. The summed E-state index contributed by atoms with van der Waals surface area (Å²) in [6.45, 7) is 5.22. The quantitative estimate of drug-likeness (QED) is 0.516. The second-order valence-electron chi connectivity index (χ2n) is 7.22. The Morgan fingerprint density at radius 2 is 2.14 bits per heavy atom. The first kappa shape index (κ1) is 22.1. The molecule has 0 bridgehead atoms. The molecule has 0 aliphatic carbocycles. The lowest BCUT2D eigenvalue weighted by Crippen LogP contribution is -2.39. The van der Waals surface area contributed by atoms with Crippen molar-refractivity contribution in [2.45, 2.75) is 38.0 Å². The summed E-state index contributed by atoms with van der Waals surface area (Å²) in [4.78, 5) is 24.2. The number of rotatable bonds is 8. The number of carbonyl (C=O) groups is 1. The van der Waals surface area contributed by atoms with E-state index in [0.29, 0.717) is 19.6 Å². The number of nitrogens with one attached hydrogen (secondary N) is 1. The number of piperidine rings is 1. The van der Waals surface area contributed by atoms with Crippen LogP contribution in [0.4, 0.5) is 11.4 Å². The minimum atomic E-state index is -3.80. The molecule has 1 aliphatic heterocycles. The van der Waals surface area contributed by atoms with E-state index in [0.717, 1.165) is 25.3 Å². The van der Waals surface area contributed by atoms with E-state index in [1.165, 1.54) is 21.3 Å². The summed E-state index contributed by atoms with van der Waals surface area (Å²) in [6, 6.07) is 3.85. The Balaban J connectivity index is 2.29. The number of anilines is 1. The van der Waals surface area contributed by atoms with Crippen LogP contribution in [0.3, 0.4) is 0 Å². The Labute approximate surface area is 165 Å². The Morgan fingerprint density at radius 1 is 1.43 bits per heavy atom. The van der Waals surface area contributed by atoms with Crippen molar-refractivity contribution in [2.24, 2.45) is 5.92 Å². The molecule has 0 saturated carbocycles. The zero-order valence-corrected chi connectivity index (χ0v) is 17.4. The molecule has 1 aromatic carbocycles. The predicted molar refractivity (Wildman–Crippen MR) is 107 cm³/mol. The second kappa shape index (κ2) is 9.33. The fraction of sp³-hybridized carbons (Fsp3) is 0.611. The molecule has 0 radical (unpaired) electrons. The molecule has 156 valence electrons. The molecule has 1 saturated heterocycles. The third kappa shape index (κ3) is 5.20. The van der Waals surface area contributed by atoms with Gasteiger partial charge in [-0.25, -0.2) is 8.42 Å². The number of carbonyl (C=O) groups excluding carboxylic acids is 1. The lowest BCUT2D eigenvalue weighted by molar-refractivity contribution is -0.384. The SMILES string of the molecule is CCCNC(=O)CN(C)c1ccc(S(=O)(=O)N2CCCC(C)C2)cc1[N+](=O)[O-]. The molecular formula is C18H28N4O5S. The highest BCUT2D eigenvalue weighted by atomic mass is 32.2. The zero-order chi connectivity index (χ0) is 20.9. The topological polar surface area (TPSA) is 113 Å². The van der Waals surface area contributed by atoms with Crippen LogP contribution in [0.25, 0.3) is 0 Å². The van der Waals surface area contributed by atoms with Gasteiger partial charge < -0.3 is 10.2 Å². The largest absolute Gasteiger partial charge is 0.360 e. The van der Waals surface area contributed by atoms with Crippen molar-refractivity contribution in [2.75, 3.05) is 38.1 Å². The molecule has 1 fully saturated rings. The summed E-state index contributed by atoms with van der Waals surface area (Å²) in [5, 5.41) is 14.3. The number of likely N-dealkylation sites (N-methyl/N-ethyl adjacent to an activating group) is 1. The third-order valence-electron chi connectivity index (χ3n) is 4.77. The van der Waals surface area contributed by atoms with Crippen LogP contribution in [0.2, 0.25) is 0 Å². The molecule has 0 aromatic heterocycles. The smallest absolute Gasteiger partial charge is 0.293 e. The molecule has 1 aromatic rings. The van der Waals surface area contributed by atoms with Crippen molar-refractivity contribution >= 4 is 27.3 Å². The lowest BCUT2D eigenvalue weighted by atomic mass is 10.0. The normalized spacial score (nSPS) is 17.9. The summed E-state index contributed by atoms with van der Waals surface area (Å²) in [5.41, 5.74) is -0.139. The molecule has 1 heterocycles. The van der Waals surface area contributed by atoms with E-state index in [4.69, 9.17) is 0 Å². The number of nitro groups is 1. The number of amides is 1. The molecule has 9 nitrogen and oxygen atoms in total. The van der Waals surface area contributed by atoms with Gasteiger partial charge in [-0.3, -0.25) is 14.9 Å². The number of hydrogen-bond acceptors (Lipinski definition) is 6. The van der Waals surface area contributed by atoms with Crippen molar-refractivity contribution in [3.8, 4) is 0 Å². The molecule has 10 heteroatoms. The summed E-state index contributed by atoms with van der Waals surface area (Å²) >= 11 is 0. The molecule has 2 rings (SSSR count). The van der Waals surface area contributed by atoms with Crippen LogP contribution in [-0.4, -0.2) is 56.8 Å². The molecular weight excluding hydrogens is 384 g/mol. The maximum atomic E-state index is 12.9. The third-order valence-corrected chi connectivity index (χ3v) is 6.63. The highest BCUT2D eigenvalue weighted by Crippen LogP contribution is 2.32. The van der Waals surface area contributed by atoms with E-state index in [1.54, 1.807) is 7.05 Å². The van der Waals surface area contributed by atoms with Gasteiger partial charge in [0.1, 0.15) is 5.69 Å². The summed E-state index contributed by atoms with van der Waals surface area (Å²) in [5.74, 6) is 0.00296. The molecule has 1 N–H and O–H groups in total. The van der Waals surface area contributed by atoms with Gasteiger partial charge in [0, 0.05) is 32.7 Å². The Hall–Kier alpha value is -2.20. The minimum absolute atomic E-state index is 0.0590. The van der Waals surface area contributed by atoms with Gasteiger partial charge in [-0.1, -0.05) is 13.8 Å². The van der Waals surface area contributed by atoms with E-state index in [-0.39, 0.29) is 34.6 Å². The first-order chi connectivity index (χ1) is 13.2. The lowest BCUT2D eigenvalue weighted by Gasteiger charge is -2.30. The molecule has 28 heavy (non-hydrogen) atoms. The molecule has 1 aliphatic rings. The molecule has 1 amide bonds. The fourth-order valence-corrected chi connectivity index (χ4v) is 4.89. The monoisotopic (exact) mass is 412 g/mol. The Morgan fingerprint density at radius 3 is 2.75 bits per heavy atom. The van der Waals surface area contributed by atoms with Crippen LogP contribution >= 0.6 is 0 Å². The van der Waals surface area contributed by atoms with E-state index >= 15 is 0 Å². The van der Waals surface area contributed by atoms with Crippen molar-refractivity contribution in [1.29, 1.82) is 0 Å². The Bertz CT molecular complexity index is 827. The van der Waals surface area contributed by atoms with Crippen LogP contribution in [0.15, 0.2) is 23.1 Å². The molecule has 1 unspecified atom stereocenters. The Kier molecular flexibility index (Phi) is 7.36. The molecule has 0 spiro atoms. The van der Waals surface area contributed by atoms with Crippen LogP contribution in [-0.2, 0) is 14.8 Å². The van der Waals surface area contributed by atoms with Crippen molar-refractivity contribution in [1.82, 2.24) is 9.62 Å². The maximum Gasteiger partial charge on any atom is 0.293 e. The van der Waals surface area contributed by atoms with Gasteiger partial charge >= 0.3 is 0 Å². The first-order valence-electron chi connectivity index (χ1n) is 9.43. The number of sulfonamides is 1. The van der Waals surface area contributed by atoms with Crippen molar-refractivity contribution < 1.29 is 18.1 Å². The average molecular weight is 413 g/mol. The number of nitro benzene ring substituents is 1. The second-order valence-corrected chi connectivity index (χ2v) is 9.16. The van der Waals surface area contributed by atoms with Crippen LogP contribution < -0.4 is 10.2 Å². The van der Waals surface area contributed by atoms with Crippen molar-refractivity contribution in [3.05, 3.63) is 28.3 Å². The highest BCUT2D eigenvalue weighted by molar-refractivity contribution is 7.89. The van der Waals surface area contributed by atoms with E-state index < -0.39 is 14.9 Å². The highest BCUT2D eigenvalue weighted by Gasteiger charge is 2.31. The molecule has 1 atom stereocenters. The number of hydrogen-bond donors (Lipinski definition) is 1. The van der Waals surface area contributed by atoms with Crippen LogP contribution in [0, 0.1) is 16.0 Å². The summed E-state index contributed by atoms with van der Waals surface area (Å²) in [6.07, 6.45) is 2.53. The maximum absolute atomic E-state index is 12.9. The minimum Gasteiger partial charge on any atom is -0.360 e. The predicted octanol–water partition coefficient (Wildman–Crippen LogP) is 1.98. The van der Waals surface area contributed by atoms with Gasteiger partial charge in [-0.2, -0.15) is 4.31 Å². The van der Waals surface area contributed by atoms with Gasteiger partial charge in [0.15, 0.2) is 0 Å².